The number of sulfonamides is 1. The summed E-state index contributed by atoms with van der Waals surface area (Å²) in [6.45, 7) is 1.09. The summed E-state index contributed by atoms with van der Waals surface area (Å²) in [7, 11) is -3.65. The number of rotatable bonds is 3. The topological polar surface area (TPSA) is 94.4 Å². The van der Waals surface area contributed by atoms with Gasteiger partial charge in [-0.3, -0.25) is 9.78 Å². The van der Waals surface area contributed by atoms with E-state index in [1.807, 2.05) is 30.3 Å². The van der Waals surface area contributed by atoms with Crippen LogP contribution in [0.1, 0.15) is 15.9 Å². The zero-order valence-corrected chi connectivity index (χ0v) is 16.3. The third-order valence-electron chi connectivity index (χ3n) is 5.00. The first kappa shape index (κ1) is 19.1. The number of fused-ring (bicyclic) bond motifs is 1. The minimum absolute atomic E-state index is 0.119. The van der Waals surface area contributed by atoms with Gasteiger partial charge in [0.05, 0.1) is 22.0 Å². The van der Waals surface area contributed by atoms with Crippen LogP contribution in [0, 0.1) is 11.3 Å². The quantitative estimate of drug-likeness (QED) is 0.665. The number of hydrogen-bond donors (Lipinski definition) is 0. The average molecular weight is 406 g/mol. The van der Waals surface area contributed by atoms with E-state index in [4.69, 9.17) is 5.26 Å². The van der Waals surface area contributed by atoms with E-state index in [1.165, 1.54) is 28.6 Å². The molecule has 1 fully saturated rings. The van der Waals surface area contributed by atoms with Crippen LogP contribution in [0.4, 0.5) is 0 Å². The second-order valence-electron chi connectivity index (χ2n) is 6.74. The predicted octanol–water partition coefficient (Wildman–Crippen LogP) is 2.25. The highest BCUT2D eigenvalue weighted by atomic mass is 32.2. The first-order valence-corrected chi connectivity index (χ1v) is 10.6. The first-order chi connectivity index (χ1) is 14.0. The van der Waals surface area contributed by atoms with Crippen molar-refractivity contribution in [1.29, 1.82) is 5.26 Å². The molecule has 7 nitrogen and oxygen atoms in total. The Bertz CT molecular complexity index is 1210. The molecular formula is C21H18N4O3S. The van der Waals surface area contributed by atoms with Crippen LogP contribution in [-0.2, 0) is 10.0 Å². The molecule has 0 spiro atoms. The Morgan fingerprint density at radius 1 is 1.00 bits per heavy atom. The fourth-order valence-electron chi connectivity index (χ4n) is 3.37. The highest BCUT2D eigenvalue weighted by molar-refractivity contribution is 7.89. The number of nitrogens with zero attached hydrogens (tertiary/aromatic N) is 4. The molecule has 1 aromatic heterocycles. The van der Waals surface area contributed by atoms with Crippen LogP contribution >= 0.6 is 0 Å². The number of piperazine rings is 1. The molecule has 1 amide bonds. The van der Waals surface area contributed by atoms with Gasteiger partial charge in [-0.15, -0.1) is 0 Å². The van der Waals surface area contributed by atoms with Crippen molar-refractivity contribution >= 4 is 26.8 Å². The monoisotopic (exact) mass is 406 g/mol. The summed E-state index contributed by atoms with van der Waals surface area (Å²) in [4.78, 5) is 18.9. The van der Waals surface area contributed by atoms with Crippen molar-refractivity contribution in [2.75, 3.05) is 26.2 Å². The number of pyridine rings is 1. The van der Waals surface area contributed by atoms with Gasteiger partial charge in [-0.1, -0.05) is 6.07 Å². The Kier molecular flexibility index (Phi) is 5.01. The van der Waals surface area contributed by atoms with Gasteiger partial charge in [0.25, 0.3) is 5.91 Å². The Morgan fingerprint density at radius 3 is 2.41 bits per heavy atom. The normalized spacial score (nSPS) is 15.2. The molecule has 4 rings (SSSR count). The minimum atomic E-state index is -3.65. The number of carbonyl (C=O) groups excluding carboxylic acids is 1. The number of amides is 1. The highest BCUT2D eigenvalue weighted by Gasteiger charge is 2.30. The van der Waals surface area contributed by atoms with Gasteiger partial charge in [-0.25, -0.2) is 8.42 Å². The molecule has 0 unspecified atom stereocenters. The van der Waals surface area contributed by atoms with Crippen LogP contribution in [0.5, 0.6) is 0 Å². The van der Waals surface area contributed by atoms with Gasteiger partial charge in [-0.05, 0) is 48.5 Å². The van der Waals surface area contributed by atoms with E-state index in [9.17, 15) is 13.2 Å². The predicted molar refractivity (Wildman–Crippen MR) is 108 cm³/mol. The molecule has 3 aromatic rings. The number of benzene rings is 2. The summed E-state index contributed by atoms with van der Waals surface area (Å²) in [5, 5.41) is 9.75. The SMILES string of the molecule is N#Cc1ccc(S(=O)(=O)N2CCN(C(=O)c3ccc4ncccc4c3)CC2)cc1. The molecule has 146 valence electrons. The molecule has 0 aliphatic carbocycles. The molecule has 1 aliphatic heterocycles. The molecule has 2 aromatic carbocycles. The van der Waals surface area contributed by atoms with Crippen molar-refractivity contribution in [1.82, 2.24) is 14.2 Å². The lowest BCUT2D eigenvalue weighted by molar-refractivity contribution is 0.0698. The molecule has 0 radical (unpaired) electrons. The number of carbonyl (C=O) groups is 1. The fourth-order valence-corrected chi connectivity index (χ4v) is 4.80. The summed E-state index contributed by atoms with van der Waals surface area (Å²) < 4.78 is 27.0. The van der Waals surface area contributed by atoms with Crippen molar-refractivity contribution in [3.8, 4) is 6.07 Å². The van der Waals surface area contributed by atoms with Crippen molar-refractivity contribution in [2.45, 2.75) is 4.90 Å². The van der Waals surface area contributed by atoms with E-state index in [0.29, 0.717) is 24.2 Å². The van der Waals surface area contributed by atoms with E-state index in [2.05, 4.69) is 4.98 Å². The summed E-state index contributed by atoms with van der Waals surface area (Å²) in [6.07, 6.45) is 1.71. The summed E-state index contributed by atoms with van der Waals surface area (Å²) in [6, 6.07) is 16.9. The van der Waals surface area contributed by atoms with Gasteiger partial charge in [0.2, 0.25) is 10.0 Å². The van der Waals surface area contributed by atoms with E-state index in [-0.39, 0.29) is 23.9 Å². The molecule has 8 heteroatoms. The molecule has 2 heterocycles. The summed E-state index contributed by atoms with van der Waals surface area (Å²) in [5.41, 5.74) is 1.79. The van der Waals surface area contributed by atoms with E-state index < -0.39 is 10.0 Å². The van der Waals surface area contributed by atoms with Gasteiger partial charge in [0.15, 0.2) is 0 Å². The Labute approximate surface area is 168 Å². The molecule has 0 bridgehead atoms. The maximum Gasteiger partial charge on any atom is 0.253 e. The smallest absolute Gasteiger partial charge is 0.253 e. The van der Waals surface area contributed by atoms with Gasteiger partial charge in [0.1, 0.15) is 0 Å². The maximum absolute atomic E-state index is 12.8. The maximum atomic E-state index is 12.8. The van der Waals surface area contributed by atoms with Crippen molar-refractivity contribution in [2.24, 2.45) is 0 Å². The van der Waals surface area contributed by atoms with Crippen LogP contribution in [0.15, 0.2) is 65.7 Å². The molecule has 0 atom stereocenters. The lowest BCUT2D eigenvalue weighted by atomic mass is 10.1. The molecule has 1 saturated heterocycles. The van der Waals surface area contributed by atoms with Crippen molar-refractivity contribution in [3.63, 3.8) is 0 Å². The number of nitriles is 1. The third kappa shape index (κ3) is 3.70. The Morgan fingerprint density at radius 2 is 1.72 bits per heavy atom. The fraction of sp³-hybridized carbons (Fsp3) is 0.190. The summed E-state index contributed by atoms with van der Waals surface area (Å²) in [5.74, 6) is -0.119. The van der Waals surface area contributed by atoms with Gasteiger partial charge < -0.3 is 4.90 Å². The lowest BCUT2D eigenvalue weighted by Crippen LogP contribution is -2.50. The van der Waals surface area contributed by atoms with Crippen molar-refractivity contribution < 1.29 is 13.2 Å². The molecule has 0 N–H and O–H groups in total. The molecular weight excluding hydrogens is 388 g/mol. The number of hydrogen-bond acceptors (Lipinski definition) is 5. The molecule has 1 aliphatic rings. The lowest BCUT2D eigenvalue weighted by Gasteiger charge is -2.34. The first-order valence-electron chi connectivity index (χ1n) is 9.13. The van der Waals surface area contributed by atoms with Gasteiger partial charge >= 0.3 is 0 Å². The Balaban J connectivity index is 1.46. The average Bonchev–Trinajstić information content (AvgIpc) is 2.78. The Hall–Kier alpha value is -3.28. The molecule has 29 heavy (non-hydrogen) atoms. The third-order valence-corrected chi connectivity index (χ3v) is 6.91. The van der Waals surface area contributed by atoms with Crippen LogP contribution in [0.3, 0.4) is 0 Å². The van der Waals surface area contributed by atoms with Crippen LogP contribution < -0.4 is 0 Å². The zero-order valence-electron chi connectivity index (χ0n) is 15.5. The van der Waals surface area contributed by atoms with E-state index in [1.54, 1.807) is 17.2 Å². The minimum Gasteiger partial charge on any atom is -0.336 e. The standard InChI is InChI=1S/C21H18N4O3S/c22-15-16-3-6-19(7-4-16)29(27,28)25-12-10-24(11-13-25)21(26)18-5-8-20-17(14-18)2-1-9-23-20/h1-9,14H,10-13H2. The zero-order chi connectivity index (χ0) is 20.4. The van der Waals surface area contributed by atoms with Crippen LogP contribution in [-0.4, -0.2) is 54.7 Å². The second kappa shape index (κ2) is 7.62. The largest absolute Gasteiger partial charge is 0.336 e. The van der Waals surface area contributed by atoms with Gasteiger partial charge in [-0.2, -0.15) is 9.57 Å². The van der Waals surface area contributed by atoms with Gasteiger partial charge in [0, 0.05) is 43.3 Å². The van der Waals surface area contributed by atoms with Crippen molar-refractivity contribution in [3.05, 3.63) is 71.9 Å². The van der Waals surface area contributed by atoms with E-state index >= 15 is 0 Å². The van der Waals surface area contributed by atoms with Crippen LogP contribution in [0.25, 0.3) is 10.9 Å². The second-order valence-corrected chi connectivity index (χ2v) is 8.68. The summed E-state index contributed by atoms with van der Waals surface area (Å²) >= 11 is 0. The number of aromatic nitrogens is 1. The van der Waals surface area contributed by atoms with Crippen LogP contribution in [0.2, 0.25) is 0 Å². The molecule has 0 saturated carbocycles. The highest BCUT2D eigenvalue weighted by Crippen LogP contribution is 2.20. The van der Waals surface area contributed by atoms with E-state index in [0.717, 1.165) is 10.9 Å².